The molecule has 4 heteroatoms. The van der Waals surface area contributed by atoms with Crippen molar-refractivity contribution in [1.82, 2.24) is 5.32 Å². The summed E-state index contributed by atoms with van der Waals surface area (Å²) in [5.41, 5.74) is 0.645. The SMILES string of the molecule is O=C(CSCCC12CC3CC(CC(C3)C1)C2)NCc1ccco1. The van der Waals surface area contributed by atoms with Crippen molar-refractivity contribution in [3.63, 3.8) is 0 Å². The molecule has 23 heavy (non-hydrogen) atoms. The van der Waals surface area contributed by atoms with Gasteiger partial charge in [-0.05, 0) is 86.0 Å². The van der Waals surface area contributed by atoms with E-state index in [1.54, 1.807) is 18.0 Å². The molecule has 0 spiro atoms. The minimum absolute atomic E-state index is 0.122. The third kappa shape index (κ3) is 3.62. The van der Waals surface area contributed by atoms with Crippen LogP contribution in [-0.4, -0.2) is 17.4 Å². The van der Waals surface area contributed by atoms with Crippen LogP contribution < -0.4 is 5.32 Å². The average molecular weight is 333 g/mol. The van der Waals surface area contributed by atoms with E-state index in [1.807, 2.05) is 12.1 Å². The average Bonchev–Trinajstić information content (AvgIpc) is 3.02. The molecule has 4 aliphatic rings. The maximum Gasteiger partial charge on any atom is 0.230 e. The van der Waals surface area contributed by atoms with E-state index in [1.165, 1.54) is 44.9 Å². The zero-order chi connectivity index (χ0) is 15.7. The van der Waals surface area contributed by atoms with E-state index in [0.29, 0.717) is 17.7 Å². The fraction of sp³-hybridized carbons (Fsp3) is 0.737. The molecule has 3 nitrogen and oxygen atoms in total. The first-order valence-electron chi connectivity index (χ1n) is 9.08. The van der Waals surface area contributed by atoms with Gasteiger partial charge in [0, 0.05) is 0 Å². The summed E-state index contributed by atoms with van der Waals surface area (Å²) in [5, 5.41) is 2.93. The highest BCUT2D eigenvalue weighted by atomic mass is 32.2. The standard InChI is InChI=1S/C19H27NO2S/c21-18(20-12-17-2-1-4-22-17)13-23-5-3-19-9-14-6-15(10-19)8-16(7-14)11-19/h1-2,4,14-16H,3,5-13H2,(H,20,21). The Morgan fingerprint density at radius 2 is 1.91 bits per heavy atom. The molecule has 1 aromatic heterocycles. The highest BCUT2D eigenvalue weighted by Gasteiger charge is 2.50. The van der Waals surface area contributed by atoms with Crippen molar-refractivity contribution in [3.8, 4) is 0 Å². The molecule has 0 radical (unpaired) electrons. The normalized spacial score (nSPS) is 34.7. The largest absolute Gasteiger partial charge is 0.467 e. The second-order valence-corrected chi connectivity index (χ2v) is 9.18. The Morgan fingerprint density at radius 3 is 2.52 bits per heavy atom. The fourth-order valence-electron chi connectivity index (χ4n) is 5.70. The highest BCUT2D eigenvalue weighted by Crippen LogP contribution is 2.61. The van der Waals surface area contributed by atoms with E-state index >= 15 is 0 Å². The molecule has 4 aliphatic carbocycles. The number of hydrogen-bond donors (Lipinski definition) is 1. The van der Waals surface area contributed by atoms with Gasteiger partial charge in [-0.15, -0.1) is 0 Å². The second kappa shape index (κ2) is 6.54. The first-order chi connectivity index (χ1) is 11.2. The van der Waals surface area contributed by atoms with E-state index in [2.05, 4.69) is 5.32 Å². The number of furan rings is 1. The Hall–Kier alpha value is -0.900. The van der Waals surface area contributed by atoms with Gasteiger partial charge >= 0.3 is 0 Å². The quantitative estimate of drug-likeness (QED) is 0.759. The summed E-state index contributed by atoms with van der Waals surface area (Å²) >= 11 is 1.80. The molecule has 4 bridgehead atoms. The number of nitrogens with one attached hydrogen (secondary N) is 1. The summed E-state index contributed by atoms with van der Waals surface area (Å²) in [4.78, 5) is 11.9. The summed E-state index contributed by atoms with van der Waals surface area (Å²) < 4.78 is 5.23. The first-order valence-corrected chi connectivity index (χ1v) is 10.2. The van der Waals surface area contributed by atoms with Gasteiger partial charge in [0.1, 0.15) is 5.76 Å². The van der Waals surface area contributed by atoms with Crippen LogP contribution in [-0.2, 0) is 11.3 Å². The van der Waals surface area contributed by atoms with Crippen molar-refractivity contribution in [2.75, 3.05) is 11.5 Å². The maximum absolute atomic E-state index is 11.9. The Balaban J connectivity index is 1.17. The lowest BCUT2D eigenvalue weighted by molar-refractivity contribution is -0.118. The van der Waals surface area contributed by atoms with Crippen LogP contribution in [0.4, 0.5) is 0 Å². The second-order valence-electron chi connectivity index (χ2n) is 8.08. The molecule has 0 atom stereocenters. The maximum atomic E-state index is 11.9. The van der Waals surface area contributed by atoms with Crippen LogP contribution in [0.25, 0.3) is 0 Å². The molecule has 1 aromatic rings. The molecular formula is C19H27NO2S. The van der Waals surface area contributed by atoms with Gasteiger partial charge in [0.25, 0.3) is 0 Å². The number of carbonyl (C=O) groups is 1. The molecule has 0 unspecified atom stereocenters. The lowest BCUT2D eigenvalue weighted by Gasteiger charge is -2.57. The van der Waals surface area contributed by atoms with E-state index in [9.17, 15) is 4.79 Å². The summed E-state index contributed by atoms with van der Waals surface area (Å²) in [7, 11) is 0. The number of rotatable bonds is 7. The topological polar surface area (TPSA) is 42.2 Å². The summed E-state index contributed by atoms with van der Waals surface area (Å²) in [5.74, 6) is 5.75. The number of carbonyl (C=O) groups excluding carboxylic acids is 1. The lowest BCUT2D eigenvalue weighted by Crippen LogP contribution is -2.46. The smallest absolute Gasteiger partial charge is 0.230 e. The molecular weight excluding hydrogens is 306 g/mol. The van der Waals surface area contributed by atoms with Crippen LogP contribution in [0, 0.1) is 23.2 Å². The van der Waals surface area contributed by atoms with Gasteiger partial charge in [-0.1, -0.05) is 0 Å². The summed E-state index contributed by atoms with van der Waals surface area (Å²) in [6.45, 7) is 0.501. The van der Waals surface area contributed by atoms with E-state index in [0.717, 1.165) is 29.3 Å². The fourth-order valence-corrected chi connectivity index (χ4v) is 6.71. The van der Waals surface area contributed by atoms with E-state index in [-0.39, 0.29) is 5.91 Å². The van der Waals surface area contributed by atoms with Crippen molar-refractivity contribution >= 4 is 17.7 Å². The van der Waals surface area contributed by atoms with Gasteiger partial charge < -0.3 is 9.73 Å². The predicted molar refractivity (Wildman–Crippen MR) is 93.1 cm³/mol. The van der Waals surface area contributed by atoms with Crippen LogP contribution in [0.1, 0.15) is 50.7 Å². The Kier molecular flexibility index (Phi) is 4.44. The van der Waals surface area contributed by atoms with Gasteiger partial charge in [-0.3, -0.25) is 4.79 Å². The van der Waals surface area contributed by atoms with Crippen LogP contribution in [0.2, 0.25) is 0 Å². The summed E-state index contributed by atoms with van der Waals surface area (Å²) in [6, 6.07) is 3.74. The predicted octanol–water partition coefficient (Wildman–Crippen LogP) is 4.24. The zero-order valence-electron chi connectivity index (χ0n) is 13.8. The molecule has 126 valence electrons. The molecule has 0 saturated heterocycles. The van der Waals surface area contributed by atoms with Gasteiger partial charge in [0.2, 0.25) is 5.91 Å². The van der Waals surface area contributed by atoms with E-state index < -0.39 is 0 Å². The molecule has 1 amide bonds. The third-order valence-corrected chi connectivity index (χ3v) is 7.17. The first kappa shape index (κ1) is 15.6. The van der Waals surface area contributed by atoms with Crippen molar-refractivity contribution in [2.24, 2.45) is 23.2 Å². The molecule has 1 heterocycles. The van der Waals surface area contributed by atoms with Crippen LogP contribution in [0.5, 0.6) is 0 Å². The molecule has 1 N–H and O–H groups in total. The van der Waals surface area contributed by atoms with Gasteiger partial charge in [-0.25, -0.2) is 0 Å². The van der Waals surface area contributed by atoms with Crippen LogP contribution in [0.15, 0.2) is 22.8 Å². The van der Waals surface area contributed by atoms with Gasteiger partial charge in [-0.2, -0.15) is 11.8 Å². The van der Waals surface area contributed by atoms with Gasteiger partial charge in [0.05, 0.1) is 18.6 Å². The van der Waals surface area contributed by atoms with Crippen LogP contribution in [0.3, 0.4) is 0 Å². The van der Waals surface area contributed by atoms with Gasteiger partial charge in [0.15, 0.2) is 0 Å². The third-order valence-electron chi connectivity index (χ3n) is 6.21. The van der Waals surface area contributed by atoms with Crippen molar-refractivity contribution < 1.29 is 9.21 Å². The molecule has 4 saturated carbocycles. The van der Waals surface area contributed by atoms with Crippen LogP contribution >= 0.6 is 11.8 Å². The van der Waals surface area contributed by atoms with Crippen molar-refractivity contribution in [1.29, 1.82) is 0 Å². The minimum Gasteiger partial charge on any atom is -0.467 e. The summed E-state index contributed by atoms with van der Waals surface area (Å²) in [6.07, 6.45) is 11.9. The monoisotopic (exact) mass is 333 g/mol. The molecule has 0 aromatic carbocycles. The Morgan fingerprint density at radius 1 is 1.22 bits per heavy atom. The molecule has 5 rings (SSSR count). The molecule has 4 fully saturated rings. The Labute approximate surface area is 143 Å². The Bertz CT molecular complexity index is 504. The number of amides is 1. The number of hydrogen-bond acceptors (Lipinski definition) is 3. The van der Waals surface area contributed by atoms with Crippen molar-refractivity contribution in [3.05, 3.63) is 24.2 Å². The lowest BCUT2D eigenvalue weighted by atomic mass is 9.49. The molecule has 0 aliphatic heterocycles. The minimum atomic E-state index is 0.122. The van der Waals surface area contributed by atoms with E-state index in [4.69, 9.17) is 4.42 Å². The number of thioether (sulfide) groups is 1. The van der Waals surface area contributed by atoms with Crippen molar-refractivity contribution in [2.45, 2.75) is 51.5 Å². The highest BCUT2D eigenvalue weighted by molar-refractivity contribution is 7.99. The zero-order valence-corrected chi connectivity index (χ0v) is 14.6.